The van der Waals surface area contributed by atoms with Gasteiger partial charge in [-0.2, -0.15) is 0 Å². The second-order valence-electron chi connectivity index (χ2n) is 6.29. The van der Waals surface area contributed by atoms with Gasteiger partial charge in [-0.25, -0.2) is 4.99 Å². The summed E-state index contributed by atoms with van der Waals surface area (Å²) in [5.74, 6) is 0.411. The summed E-state index contributed by atoms with van der Waals surface area (Å²) in [5.41, 5.74) is 4.41. The van der Waals surface area contributed by atoms with Gasteiger partial charge in [0.05, 0.1) is 10.6 Å². The Balaban J connectivity index is 1.81. The molecule has 0 radical (unpaired) electrons. The van der Waals surface area contributed by atoms with Gasteiger partial charge >= 0.3 is 0 Å². The average molecular weight is 350 g/mol. The van der Waals surface area contributed by atoms with Crippen LogP contribution in [-0.4, -0.2) is 11.1 Å². The quantitative estimate of drug-likeness (QED) is 0.764. The van der Waals surface area contributed by atoms with Gasteiger partial charge < -0.3 is 5.32 Å². The zero-order chi connectivity index (χ0) is 17.8. The lowest BCUT2D eigenvalue weighted by Crippen LogP contribution is -2.19. The van der Waals surface area contributed by atoms with Crippen molar-refractivity contribution in [3.8, 4) is 0 Å². The molecular weight excluding hydrogens is 328 g/mol. The van der Waals surface area contributed by atoms with Gasteiger partial charge in [0.15, 0.2) is 5.17 Å². The number of hydrogen-bond acceptors (Lipinski definition) is 3. The Bertz CT molecular complexity index is 835. The van der Waals surface area contributed by atoms with Crippen molar-refractivity contribution in [1.82, 2.24) is 5.32 Å². The Morgan fingerprint density at radius 2 is 1.84 bits per heavy atom. The Morgan fingerprint density at radius 1 is 1.12 bits per heavy atom. The number of hydrogen-bond donors (Lipinski definition) is 1. The van der Waals surface area contributed by atoms with Crippen molar-refractivity contribution in [3.05, 3.63) is 70.1 Å². The van der Waals surface area contributed by atoms with Gasteiger partial charge in [-0.05, 0) is 52.9 Å². The fourth-order valence-electron chi connectivity index (χ4n) is 2.64. The molecule has 128 valence electrons. The summed E-state index contributed by atoms with van der Waals surface area (Å²) >= 11 is 1.39. The minimum Gasteiger partial charge on any atom is -0.300 e. The molecule has 1 amide bonds. The highest BCUT2D eigenvalue weighted by Gasteiger charge is 2.24. The maximum Gasteiger partial charge on any atom is 0.264 e. The first-order valence-electron chi connectivity index (χ1n) is 8.54. The van der Waals surface area contributed by atoms with E-state index in [1.165, 1.54) is 22.9 Å². The zero-order valence-corrected chi connectivity index (χ0v) is 15.6. The Labute approximate surface area is 153 Å². The number of amidine groups is 1. The van der Waals surface area contributed by atoms with Crippen molar-refractivity contribution >= 4 is 34.6 Å². The normalized spacial score (nSPS) is 17.5. The predicted molar refractivity (Wildman–Crippen MR) is 107 cm³/mol. The molecule has 0 saturated carbocycles. The summed E-state index contributed by atoms with van der Waals surface area (Å²) in [7, 11) is 0. The molecule has 0 spiro atoms. The average Bonchev–Trinajstić information content (AvgIpc) is 2.95. The monoisotopic (exact) mass is 350 g/mol. The number of benzene rings is 2. The molecule has 0 unspecified atom stereocenters. The van der Waals surface area contributed by atoms with Crippen LogP contribution in [0.2, 0.25) is 0 Å². The molecule has 1 saturated heterocycles. The van der Waals surface area contributed by atoms with Crippen LogP contribution in [0, 0.1) is 0 Å². The van der Waals surface area contributed by atoms with Gasteiger partial charge in [0.25, 0.3) is 5.91 Å². The lowest BCUT2D eigenvalue weighted by molar-refractivity contribution is -0.115. The molecule has 25 heavy (non-hydrogen) atoms. The highest BCUT2D eigenvalue weighted by molar-refractivity contribution is 8.18. The van der Waals surface area contributed by atoms with Crippen LogP contribution in [0.25, 0.3) is 6.08 Å². The fourth-order valence-corrected chi connectivity index (χ4v) is 3.47. The van der Waals surface area contributed by atoms with Gasteiger partial charge in [0.1, 0.15) is 0 Å². The van der Waals surface area contributed by atoms with E-state index in [1.807, 2.05) is 24.3 Å². The van der Waals surface area contributed by atoms with Gasteiger partial charge in [0.2, 0.25) is 0 Å². The molecule has 0 atom stereocenters. The maximum absolute atomic E-state index is 12.2. The number of carbonyl (C=O) groups excluding carboxylic acids is 1. The number of thioether (sulfide) groups is 1. The van der Waals surface area contributed by atoms with Crippen LogP contribution in [0.4, 0.5) is 5.69 Å². The van der Waals surface area contributed by atoms with E-state index < -0.39 is 0 Å². The lowest BCUT2D eigenvalue weighted by Gasteiger charge is -2.04. The first-order valence-corrected chi connectivity index (χ1v) is 9.36. The standard InChI is InChI=1S/C21H22N2OS/c1-4-16-7-5-6-8-18(16)22-21-23-20(24)19(25-21)13-15-9-11-17(12-10-15)14(2)3/h5-14H,4H2,1-3H3,(H,22,23,24)/b19-13-. The van der Waals surface area contributed by atoms with Gasteiger partial charge in [-0.1, -0.05) is 63.2 Å². The summed E-state index contributed by atoms with van der Waals surface area (Å²) in [6.07, 6.45) is 2.83. The molecule has 2 aromatic rings. The Morgan fingerprint density at radius 3 is 2.52 bits per heavy atom. The molecule has 1 fully saturated rings. The number of aryl methyl sites for hydroxylation is 1. The predicted octanol–water partition coefficient (Wildman–Crippen LogP) is 5.26. The molecule has 3 rings (SSSR count). The van der Waals surface area contributed by atoms with Crippen LogP contribution in [-0.2, 0) is 11.2 Å². The Kier molecular flexibility index (Phi) is 5.39. The van der Waals surface area contributed by atoms with Crippen molar-refractivity contribution in [1.29, 1.82) is 0 Å². The molecule has 1 N–H and O–H groups in total. The maximum atomic E-state index is 12.2. The zero-order valence-electron chi connectivity index (χ0n) is 14.7. The third kappa shape index (κ3) is 4.20. The highest BCUT2D eigenvalue weighted by Crippen LogP contribution is 2.29. The summed E-state index contributed by atoms with van der Waals surface area (Å²) < 4.78 is 0. The molecule has 0 bridgehead atoms. The molecule has 3 nitrogen and oxygen atoms in total. The van der Waals surface area contributed by atoms with Crippen LogP contribution < -0.4 is 5.32 Å². The van der Waals surface area contributed by atoms with E-state index in [0.717, 1.165) is 17.7 Å². The third-order valence-electron chi connectivity index (χ3n) is 4.15. The van der Waals surface area contributed by atoms with Gasteiger partial charge in [-0.15, -0.1) is 0 Å². The van der Waals surface area contributed by atoms with Crippen molar-refractivity contribution < 1.29 is 4.79 Å². The molecule has 1 aliphatic rings. The summed E-state index contributed by atoms with van der Waals surface area (Å²) in [6, 6.07) is 16.3. The third-order valence-corrected chi connectivity index (χ3v) is 5.06. The van der Waals surface area contributed by atoms with Crippen LogP contribution in [0.1, 0.15) is 43.4 Å². The number of nitrogens with zero attached hydrogens (tertiary/aromatic N) is 1. The van der Waals surface area contributed by atoms with E-state index in [4.69, 9.17) is 0 Å². The van der Waals surface area contributed by atoms with Crippen LogP contribution in [0.3, 0.4) is 0 Å². The number of aliphatic imine (C=N–C) groups is 1. The van der Waals surface area contributed by atoms with Crippen LogP contribution in [0.15, 0.2) is 58.4 Å². The molecule has 0 aromatic heterocycles. The van der Waals surface area contributed by atoms with Gasteiger partial charge in [0, 0.05) is 0 Å². The number of amides is 1. The summed E-state index contributed by atoms with van der Waals surface area (Å²) in [4.78, 5) is 17.5. The molecule has 1 heterocycles. The second kappa shape index (κ2) is 7.70. The van der Waals surface area contributed by atoms with Crippen molar-refractivity contribution in [3.63, 3.8) is 0 Å². The minimum absolute atomic E-state index is 0.0920. The SMILES string of the molecule is CCc1ccccc1N=C1NC(=O)/C(=C/c2ccc(C(C)C)cc2)S1. The molecule has 1 aliphatic heterocycles. The number of para-hydroxylation sites is 1. The van der Waals surface area contributed by atoms with E-state index in [0.29, 0.717) is 16.0 Å². The van der Waals surface area contributed by atoms with Crippen molar-refractivity contribution in [2.24, 2.45) is 4.99 Å². The van der Waals surface area contributed by atoms with Crippen LogP contribution in [0.5, 0.6) is 0 Å². The smallest absolute Gasteiger partial charge is 0.264 e. The Hall–Kier alpha value is -2.33. The van der Waals surface area contributed by atoms with Gasteiger partial charge in [-0.3, -0.25) is 4.79 Å². The van der Waals surface area contributed by atoms with E-state index in [1.54, 1.807) is 0 Å². The number of nitrogens with one attached hydrogen (secondary N) is 1. The highest BCUT2D eigenvalue weighted by atomic mass is 32.2. The largest absolute Gasteiger partial charge is 0.300 e. The van der Waals surface area contributed by atoms with E-state index in [-0.39, 0.29) is 5.91 Å². The van der Waals surface area contributed by atoms with Crippen molar-refractivity contribution in [2.45, 2.75) is 33.1 Å². The molecule has 4 heteroatoms. The van der Waals surface area contributed by atoms with E-state index in [2.05, 4.69) is 61.4 Å². The van der Waals surface area contributed by atoms with E-state index in [9.17, 15) is 4.79 Å². The summed E-state index contributed by atoms with van der Waals surface area (Å²) in [6.45, 7) is 6.45. The topological polar surface area (TPSA) is 41.5 Å². The lowest BCUT2D eigenvalue weighted by atomic mass is 10.0. The van der Waals surface area contributed by atoms with Crippen molar-refractivity contribution in [2.75, 3.05) is 0 Å². The van der Waals surface area contributed by atoms with Crippen LogP contribution >= 0.6 is 11.8 Å². The number of rotatable bonds is 4. The minimum atomic E-state index is -0.0920. The fraction of sp³-hybridized carbons (Fsp3) is 0.238. The first-order chi connectivity index (χ1) is 12.1. The first kappa shape index (κ1) is 17.5. The van der Waals surface area contributed by atoms with E-state index >= 15 is 0 Å². The second-order valence-corrected chi connectivity index (χ2v) is 7.32. The molecular formula is C21H22N2OS. The summed E-state index contributed by atoms with van der Waals surface area (Å²) in [5, 5.41) is 3.49. The number of carbonyl (C=O) groups is 1. The molecule has 2 aromatic carbocycles. The molecule has 0 aliphatic carbocycles.